The van der Waals surface area contributed by atoms with E-state index in [1.165, 1.54) is 95.5 Å². The topological polar surface area (TPSA) is 29.5 Å². The molecule has 1 aromatic rings. The van der Waals surface area contributed by atoms with Crippen LogP contribution in [0.2, 0.25) is 0 Å². The lowest BCUT2D eigenvalue weighted by molar-refractivity contribution is 0.282. The summed E-state index contributed by atoms with van der Waals surface area (Å²) in [5, 5.41) is 8.72. The summed E-state index contributed by atoms with van der Waals surface area (Å²) in [6.45, 7) is 0.362. The van der Waals surface area contributed by atoms with Crippen LogP contribution in [-0.2, 0) is 6.42 Å². The first kappa shape index (κ1) is 22.0. The minimum Gasteiger partial charge on any atom is -0.497 e. The smallest absolute Gasteiger partial charge is 0.119 e. The van der Waals surface area contributed by atoms with Crippen LogP contribution in [0.4, 0.5) is 0 Å². The van der Waals surface area contributed by atoms with Gasteiger partial charge in [0.25, 0.3) is 0 Å². The number of ether oxygens (including phenoxy) is 1. The normalized spacial score (nSPS) is 11.0. The van der Waals surface area contributed by atoms with Gasteiger partial charge in [0.2, 0.25) is 0 Å². The Balaban J connectivity index is 1.80. The summed E-state index contributed by atoms with van der Waals surface area (Å²) in [7, 11) is 1.73. The second-order valence-electron chi connectivity index (χ2n) is 7.27. The van der Waals surface area contributed by atoms with Crippen LogP contribution in [0, 0.1) is 0 Å². The molecule has 0 aromatic heterocycles. The number of hydrogen-bond donors (Lipinski definition) is 1. The molecule has 1 aromatic carbocycles. The number of unbranched alkanes of at least 4 members (excludes halogenated alkanes) is 13. The van der Waals surface area contributed by atoms with Crippen molar-refractivity contribution in [1.29, 1.82) is 0 Å². The van der Waals surface area contributed by atoms with Gasteiger partial charge in [-0.1, -0.05) is 89.2 Å². The molecule has 0 radical (unpaired) electrons. The van der Waals surface area contributed by atoms with Crippen LogP contribution in [-0.4, -0.2) is 18.8 Å². The van der Waals surface area contributed by atoms with E-state index in [0.29, 0.717) is 6.61 Å². The lowest BCUT2D eigenvalue weighted by Crippen LogP contribution is -1.89. The van der Waals surface area contributed by atoms with Crippen LogP contribution in [0.1, 0.15) is 95.5 Å². The monoisotopic (exact) mass is 348 g/mol. The van der Waals surface area contributed by atoms with E-state index in [1.54, 1.807) is 7.11 Å². The number of methoxy groups -OCH3 is 1. The SMILES string of the molecule is COc1cccc(CCCCCCCCCCCCCCCCO)c1. The maximum Gasteiger partial charge on any atom is 0.119 e. The molecule has 0 aliphatic carbocycles. The van der Waals surface area contributed by atoms with Gasteiger partial charge in [-0.3, -0.25) is 0 Å². The molecule has 25 heavy (non-hydrogen) atoms. The van der Waals surface area contributed by atoms with Crippen molar-refractivity contribution in [2.75, 3.05) is 13.7 Å². The lowest BCUT2D eigenvalue weighted by atomic mass is 10.0. The first-order valence-corrected chi connectivity index (χ1v) is 10.6. The van der Waals surface area contributed by atoms with Gasteiger partial charge in [-0.15, -0.1) is 0 Å². The van der Waals surface area contributed by atoms with E-state index < -0.39 is 0 Å². The number of aliphatic hydroxyl groups excluding tert-OH is 1. The molecule has 0 amide bonds. The predicted octanol–water partition coefficient (Wildman–Crippen LogP) is 6.69. The molecule has 144 valence electrons. The van der Waals surface area contributed by atoms with Crippen LogP contribution >= 0.6 is 0 Å². The summed E-state index contributed by atoms with van der Waals surface area (Å²) in [6, 6.07) is 8.46. The van der Waals surface area contributed by atoms with Crippen molar-refractivity contribution in [3.8, 4) is 5.75 Å². The van der Waals surface area contributed by atoms with Crippen molar-refractivity contribution >= 4 is 0 Å². The lowest BCUT2D eigenvalue weighted by Gasteiger charge is -2.05. The molecule has 0 atom stereocenters. The van der Waals surface area contributed by atoms with Gasteiger partial charge in [-0.05, 0) is 37.0 Å². The van der Waals surface area contributed by atoms with Crippen molar-refractivity contribution < 1.29 is 9.84 Å². The fourth-order valence-electron chi connectivity index (χ4n) is 3.39. The third-order valence-corrected chi connectivity index (χ3v) is 5.01. The Morgan fingerprint density at radius 3 is 1.64 bits per heavy atom. The largest absolute Gasteiger partial charge is 0.497 e. The maximum atomic E-state index is 8.72. The average Bonchev–Trinajstić information content (AvgIpc) is 2.65. The molecule has 2 nitrogen and oxygen atoms in total. The quantitative estimate of drug-likeness (QED) is 0.318. The minimum absolute atomic E-state index is 0.362. The number of benzene rings is 1. The Morgan fingerprint density at radius 1 is 0.680 bits per heavy atom. The van der Waals surface area contributed by atoms with Crippen LogP contribution in [0.25, 0.3) is 0 Å². The zero-order chi connectivity index (χ0) is 18.0. The molecule has 1 N–H and O–H groups in total. The molecule has 0 unspecified atom stereocenters. The highest BCUT2D eigenvalue weighted by molar-refractivity contribution is 5.28. The molecule has 0 spiro atoms. The molecule has 0 aliphatic rings. The summed E-state index contributed by atoms with van der Waals surface area (Å²) >= 11 is 0. The Kier molecular flexibility index (Phi) is 14.5. The molecule has 0 saturated heterocycles. The van der Waals surface area contributed by atoms with E-state index >= 15 is 0 Å². The summed E-state index contributed by atoms with van der Waals surface area (Å²) < 4.78 is 5.27. The van der Waals surface area contributed by atoms with E-state index in [1.807, 2.05) is 6.07 Å². The van der Waals surface area contributed by atoms with Gasteiger partial charge in [-0.25, -0.2) is 0 Å². The van der Waals surface area contributed by atoms with Crippen LogP contribution in [0.5, 0.6) is 5.75 Å². The summed E-state index contributed by atoms with van der Waals surface area (Å²) in [5.41, 5.74) is 1.40. The first-order chi connectivity index (χ1) is 12.4. The molecule has 0 heterocycles. The molecule has 0 bridgehead atoms. The number of hydrogen-bond acceptors (Lipinski definition) is 2. The van der Waals surface area contributed by atoms with Crippen LogP contribution < -0.4 is 4.74 Å². The first-order valence-electron chi connectivity index (χ1n) is 10.6. The molecule has 0 aliphatic heterocycles. The standard InChI is InChI=1S/C23H40O2/c1-25-23-19-16-18-22(21-23)17-14-12-10-8-6-4-2-3-5-7-9-11-13-15-20-24/h16,18-19,21,24H,2-15,17,20H2,1H3. The van der Waals surface area contributed by atoms with Gasteiger partial charge in [0.05, 0.1) is 7.11 Å². The molecular weight excluding hydrogens is 308 g/mol. The summed E-state index contributed by atoms with van der Waals surface area (Å²) in [4.78, 5) is 0. The average molecular weight is 349 g/mol. The van der Waals surface area contributed by atoms with E-state index in [-0.39, 0.29) is 0 Å². The molecule has 0 saturated carbocycles. The van der Waals surface area contributed by atoms with E-state index in [4.69, 9.17) is 9.84 Å². The van der Waals surface area contributed by atoms with E-state index in [9.17, 15) is 0 Å². The Labute approximate surface area is 156 Å². The fraction of sp³-hybridized carbons (Fsp3) is 0.739. The highest BCUT2D eigenvalue weighted by Crippen LogP contribution is 2.16. The zero-order valence-corrected chi connectivity index (χ0v) is 16.5. The third-order valence-electron chi connectivity index (χ3n) is 5.01. The second-order valence-corrected chi connectivity index (χ2v) is 7.27. The van der Waals surface area contributed by atoms with Crippen LogP contribution in [0.3, 0.4) is 0 Å². The van der Waals surface area contributed by atoms with Crippen molar-refractivity contribution in [1.82, 2.24) is 0 Å². The van der Waals surface area contributed by atoms with Gasteiger partial charge >= 0.3 is 0 Å². The van der Waals surface area contributed by atoms with E-state index in [0.717, 1.165) is 12.2 Å². The van der Waals surface area contributed by atoms with Crippen molar-refractivity contribution in [2.45, 2.75) is 96.3 Å². The number of rotatable bonds is 17. The van der Waals surface area contributed by atoms with E-state index in [2.05, 4.69) is 18.2 Å². The third kappa shape index (κ3) is 12.9. The maximum absolute atomic E-state index is 8.72. The van der Waals surface area contributed by atoms with Gasteiger partial charge in [-0.2, -0.15) is 0 Å². The predicted molar refractivity (Wildman–Crippen MR) is 108 cm³/mol. The second kappa shape index (κ2) is 16.4. The number of aryl methyl sites for hydroxylation is 1. The Hall–Kier alpha value is -1.02. The minimum atomic E-state index is 0.362. The highest BCUT2D eigenvalue weighted by atomic mass is 16.5. The molecule has 1 rings (SSSR count). The Bertz CT molecular complexity index is 403. The molecule has 2 heteroatoms. The zero-order valence-electron chi connectivity index (χ0n) is 16.5. The molecular formula is C23H40O2. The molecule has 0 fully saturated rings. The summed E-state index contributed by atoms with van der Waals surface area (Å²) in [6.07, 6.45) is 19.9. The number of aliphatic hydroxyl groups is 1. The van der Waals surface area contributed by atoms with Gasteiger partial charge < -0.3 is 9.84 Å². The van der Waals surface area contributed by atoms with Crippen molar-refractivity contribution in [3.05, 3.63) is 29.8 Å². The van der Waals surface area contributed by atoms with Crippen molar-refractivity contribution in [3.63, 3.8) is 0 Å². The fourth-order valence-corrected chi connectivity index (χ4v) is 3.39. The van der Waals surface area contributed by atoms with Crippen molar-refractivity contribution in [2.24, 2.45) is 0 Å². The van der Waals surface area contributed by atoms with Gasteiger partial charge in [0, 0.05) is 6.61 Å². The Morgan fingerprint density at radius 2 is 1.16 bits per heavy atom. The highest BCUT2D eigenvalue weighted by Gasteiger charge is 1.97. The van der Waals surface area contributed by atoms with Gasteiger partial charge in [0.1, 0.15) is 5.75 Å². The van der Waals surface area contributed by atoms with Crippen LogP contribution in [0.15, 0.2) is 24.3 Å². The summed E-state index contributed by atoms with van der Waals surface area (Å²) in [5.74, 6) is 0.975. The van der Waals surface area contributed by atoms with Gasteiger partial charge in [0.15, 0.2) is 0 Å².